The molecule has 0 aliphatic rings. The molecule has 0 bridgehead atoms. The molecule has 0 saturated heterocycles. The topological polar surface area (TPSA) is 54.0 Å². The van der Waals surface area contributed by atoms with Gasteiger partial charge in [0.2, 0.25) is 0 Å². The third-order valence-corrected chi connectivity index (χ3v) is 4.26. The summed E-state index contributed by atoms with van der Waals surface area (Å²) in [6, 6.07) is 14.8. The number of rotatable bonds is 5. The lowest BCUT2D eigenvalue weighted by Gasteiger charge is -2.08. The monoisotopic (exact) mass is 343 g/mol. The maximum absolute atomic E-state index is 12.3. The van der Waals surface area contributed by atoms with Gasteiger partial charge in [-0.05, 0) is 29.8 Å². The maximum atomic E-state index is 12.3. The van der Waals surface area contributed by atoms with Crippen LogP contribution >= 0.6 is 22.9 Å². The molecular formula is C17H14ClN3OS. The molecule has 1 heterocycles. The Morgan fingerprint density at radius 2 is 2.04 bits per heavy atom. The predicted octanol–water partition coefficient (Wildman–Crippen LogP) is 4.47. The van der Waals surface area contributed by atoms with E-state index in [4.69, 9.17) is 11.6 Å². The first-order valence-electron chi connectivity index (χ1n) is 7.00. The maximum Gasteiger partial charge on any atom is 0.251 e. The second kappa shape index (κ2) is 7.26. The normalized spacial score (nSPS) is 10.3. The summed E-state index contributed by atoms with van der Waals surface area (Å²) in [4.78, 5) is 16.5. The summed E-state index contributed by atoms with van der Waals surface area (Å²) in [6.07, 6.45) is 1.73. The predicted molar refractivity (Wildman–Crippen MR) is 94.5 cm³/mol. The van der Waals surface area contributed by atoms with Crippen LogP contribution < -0.4 is 10.6 Å². The van der Waals surface area contributed by atoms with E-state index in [0.717, 1.165) is 16.4 Å². The number of hydrogen-bond acceptors (Lipinski definition) is 4. The number of benzene rings is 2. The lowest BCUT2D eigenvalue weighted by Crippen LogP contribution is -2.22. The number of anilines is 2. The molecule has 116 valence electrons. The van der Waals surface area contributed by atoms with Gasteiger partial charge >= 0.3 is 0 Å². The van der Waals surface area contributed by atoms with Crippen LogP contribution in [0, 0.1) is 0 Å². The zero-order chi connectivity index (χ0) is 16.1. The van der Waals surface area contributed by atoms with Crippen molar-refractivity contribution in [1.29, 1.82) is 0 Å². The van der Waals surface area contributed by atoms with E-state index >= 15 is 0 Å². The van der Waals surface area contributed by atoms with Crippen molar-refractivity contribution in [3.05, 3.63) is 76.3 Å². The molecule has 1 amide bonds. The first-order valence-corrected chi connectivity index (χ1v) is 8.26. The van der Waals surface area contributed by atoms with Gasteiger partial charge in [-0.2, -0.15) is 0 Å². The molecule has 0 aliphatic carbocycles. The Hall–Kier alpha value is -2.37. The second-order valence-corrected chi connectivity index (χ2v) is 6.12. The molecule has 0 unspecified atom stereocenters. The van der Waals surface area contributed by atoms with E-state index in [1.807, 2.05) is 41.8 Å². The summed E-state index contributed by atoms with van der Waals surface area (Å²) in [5.41, 5.74) is 2.29. The van der Waals surface area contributed by atoms with Crippen molar-refractivity contribution in [1.82, 2.24) is 10.3 Å². The lowest BCUT2D eigenvalue weighted by molar-refractivity contribution is 0.0951. The molecule has 0 atom stereocenters. The van der Waals surface area contributed by atoms with Gasteiger partial charge in [0.25, 0.3) is 5.91 Å². The van der Waals surface area contributed by atoms with Crippen molar-refractivity contribution < 1.29 is 4.79 Å². The first kappa shape index (κ1) is 15.5. The smallest absolute Gasteiger partial charge is 0.251 e. The number of nitrogens with zero attached hydrogens (tertiary/aromatic N) is 1. The molecule has 0 spiro atoms. The number of nitrogens with one attached hydrogen (secondary N) is 2. The van der Waals surface area contributed by atoms with Crippen molar-refractivity contribution in [3.63, 3.8) is 0 Å². The molecule has 1 aromatic heterocycles. The van der Waals surface area contributed by atoms with Crippen LogP contribution in [0.3, 0.4) is 0 Å². The Morgan fingerprint density at radius 3 is 2.83 bits per heavy atom. The van der Waals surface area contributed by atoms with E-state index < -0.39 is 0 Å². The summed E-state index contributed by atoms with van der Waals surface area (Å²) in [7, 11) is 0. The minimum atomic E-state index is -0.146. The molecule has 4 nitrogen and oxygen atoms in total. The summed E-state index contributed by atoms with van der Waals surface area (Å²) in [5.74, 6) is -0.146. The number of aromatic nitrogens is 1. The van der Waals surface area contributed by atoms with E-state index in [-0.39, 0.29) is 5.91 Å². The van der Waals surface area contributed by atoms with Crippen LogP contribution in [0.2, 0.25) is 5.02 Å². The van der Waals surface area contributed by atoms with Crippen LogP contribution in [0.5, 0.6) is 0 Å². The van der Waals surface area contributed by atoms with Crippen molar-refractivity contribution in [2.24, 2.45) is 0 Å². The molecule has 3 rings (SSSR count). The van der Waals surface area contributed by atoms with E-state index in [2.05, 4.69) is 15.6 Å². The van der Waals surface area contributed by atoms with E-state index in [1.165, 1.54) is 11.3 Å². The van der Waals surface area contributed by atoms with Crippen molar-refractivity contribution >= 4 is 39.7 Å². The SMILES string of the molecule is O=C(NCc1ccccc1Cl)c1cccc(Nc2nccs2)c1. The highest BCUT2D eigenvalue weighted by Crippen LogP contribution is 2.20. The van der Waals surface area contributed by atoms with Gasteiger partial charge in [-0.3, -0.25) is 4.79 Å². The summed E-state index contributed by atoms with van der Waals surface area (Å²) >= 11 is 7.60. The number of carbonyl (C=O) groups excluding carboxylic acids is 1. The Morgan fingerprint density at radius 1 is 1.17 bits per heavy atom. The molecule has 3 aromatic rings. The van der Waals surface area contributed by atoms with Crippen LogP contribution in [0.1, 0.15) is 15.9 Å². The van der Waals surface area contributed by atoms with Gasteiger partial charge in [0.05, 0.1) is 0 Å². The fraction of sp³-hybridized carbons (Fsp3) is 0.0588. The minimum Gasteiger partial charge on any atom is -0.348 e. The number of amides is 1. The van der Waals surface area contributed by atoms with Crippen LogP contribution in [-0.4, -0.2) is 10.9 Å². The average Bonchev–Trinajstić information content (AvgIpc) is 3.07. The van der Waals surface area contributed by atoms with Crippen LogP contribution in [0.25, 0.3) is 0 Å². The molecule has 0 saturated carbocycles. The van der Waals surface area contributed by atoms with Gasteiger partial charge < -0.3 is 10.6 Å². The molecule has 0 fully saturated rings. The van der Waals surface area contributed by atoms with E-state index in [0.29, 0.717) is 17.1 Å². The third kappa shape index (κ3) is 4.09. The molecule has 2 N–H and O–H groups in total. The summed E-state index contributed by atoms with van der Waals surface area (Å²) in [6.45, 7) is 0.392. The van der Waals surface area contributed by atoms with Crippen molar-refractivity contribution in [2.75, 3.05) is 5.32 Å². The van der Waals surface area contributed by atoms with Gasteiger partial charge in [-0.15, -0.1) is 11.3 Å². The number of thiazole rings is 1. The molecule has 0 aliphatic heterocycles. The molecule has 0 radical (unpaired) electrons. The molecule has 2 aromatic carbocycles. The van der Waals surface area contributed by atoms with E-state index in [9.17, 15) is 4.79 Å². The summed E-state index contributed by atoms with van der Waals surface area (Å²) < 4.78 is 0. The second-order valence-electron chi connectivity index (χ2n) is 4.82. The van der Waals surface area contributed by atoms with Crippen LogP contribution in [0.15, 0.2) is 60.1 Å². The molecular weight excluding hydrogens is 330 g/mol. The Labute approximate surface area is 143 Å². The number of halogens is 1. The number of hydrogen-bond donors (Lipinski definition) is 2. The fourth-order valence-corrected chi connectivity index (χ4v) is 2.82. The number of carbonyl (C=O) groups is 1. The standard InChI is InChI=1S/C17H14ClN3OS/c18-15-7-2-1-4-13(15)11-20-16(22)12-5-3-6-14(10-12)21-17-19-8-9-23-17/h1-10H,11H2,(H,19,21)(H,20,22). The largest absolute Gasteiger partial charge is 0.348 e. The van der Waals surface area contributed by atoms with Gasteiger partial charge in [0.1, 0.15) is 0 Å². The highest BCUT2D eigenvalue weighted by Gasteiger charge is 2.08. The zero-order valence-electron chi connectivity index (χ0n) is 12.1. The van der Waals surface area contributed by atoms with Crippen molar-refractivity contribution in [2.45, 2.75) is 6.54 Å². The van der Waals surface area contributed by atoms with Gasteiger partial charge in [0.15, 0.2) is 5.13 Å². The Kier molecular flexibility index (Phi) is 4.90. The quantitative estimate of drug-likeness (QED) is 0.718. The van der Waals surface area contributed by atoms with Crippen LogP contribution in [-0.2, 0) is 6.54 Å². The Bertz CT molecular complexity index is 805. The molecule has 23 heavy (non-hydrogen) atoms. The minimum absolute atomic E-state index is 0.146. The van der Waals surface area contributed by atoms with Gasteiger partial charge in [-0.25, -0.2) is 4.98 Å². The fourth-order valence-electron chi connectivity index (χ4n) is 2.07. The highest BCUT2D eigenvalue weighted by atomic mass is 35.5. The van der Waals surface area contributed by atoms with Gasteiger partial charge in [0, 0.05) is 34.4 Å². The summed E-state index contributed by atoms with van der Waals surface area (Å²) in [5, 5.41) is 9.37. The van der Waals surface area contributed by atoms with Crippen LogP contribution in [0.4, 0.5) is 10.8 Å². The zero-order valence-corrected chi connectivity index (χ0v) is 13.7. The van der Waals surface area contributed by atoms with Gasteiger partial charge in [-0.1, -0.05) is 35.9 Å². The lowest BCUT2D eigenvalue weighted by atomic mass is 10.1. The molecule has 6 heteroatoms. The Balaban J connectivity index is 1.66. The average molecular weight is 344 g/mol. The third-order valence-electron chi connectivity index (χ3n) is 3.21. The van der Waals surface area contributed by atoms with E-state index in [1.54, 1.807) is 18.3 Å². The first-order chi connectivity index (χ1) is 11.2. The highest BCUT2D eigenvalue weighted by molar-refractivity contribution is 7.13. The van der Waals surface area contributed by atoms with Crippen molar-refractivity contribution in [3.8, 4) is 0 Å².